The number of carbonyl (C=O) groups is 1. The summed E-state index contributed by atoms with van der Waals surface area (Å²) < 4.78 is 0. The van der Waals surface area contributed by atoms with Crippen molar-refractivity contribution < 1.29 is 4.79 Å². The Balaban J connectivity index is 1.56. The first-order valence-corrected chi connectivity index (χ1v) is 10.8. The Bertz CT molecular complexity index is 982. The highest BCUT2D eigenvalue weighted by atomic mass is 16.1. The SMILES string of the molecule is [C-]#[N+]c1cc2c(cc1[N+]#[C-])/C(=C/C(=O)C13CC4CC(CC(C4)C1)C3)NC(C)(C)C2. The molecule has 1 aromatic carbocycles. The monoisotopic (exact) mass is 385 g/mol. The van der Waals surface area contributed by atoms with Gasteiger partial charge in [0.05, 0.1) is 13.1 Å². The van der Waals surface area contributed by atoms with Crippen LogP contribution in [0.2, 0.25) is 0 Å². The van der Waals surface area contributed by atoms with Crippen molar-refractivity contribution in [2.75, 3.05) is 0 Å². The highest BCUT2D eigenvalue weighted by molar-refractivity contribution is 6.01. The first-order valence-electron chi connectivity index (χ1n) is 10.8. The Kier molecular flexibility index (Phi) is 3.94. The molecular weight excluding hydrogens is 358 g/mol. The zero-order chi connectivity index (χ0) is 20.4. The number of nitrogens with one attached hydrogen (secondary N) is 1. The standard InChI is InChI=1S/C25H27N3O/c1-24(2)14-18-8-21(26-3)22(27-4)9-19(18)20(28-24)10-23(29)25-11-15-5-16(12-25)7-17(6-15)13-25/h8-10,15-17,28H,5-7,11-14H2,1-2H3/b20-10-. The van der Waals surface area contributed by atoms with Crippen LogP contribution in [0.4, 0.5) is 11.4 Å². The molecule has 0 radical (unpaired) electrons. The maximum atomic E-state index is 13.6. The predicted molar refractivity (Wildman–Crippen MR) is 113 cm³/mol. The average Bonchev–Trinajstić information content (AvgIpc) is 2.65. The van der Waals surface area contributed by atoms with E-state index >= 15 is 0 Å². The molecule has 1 heterocycles. The molecule has 0 spiro atoms. The summed E-state index contributed by atoms with van der Waals surface area (Å²) in [5, 5.41) is 3.56. The quantitative estimate of drug-likeness (QED) is 0.513. The third kappa shape index (κ3) is 2.98. The van der Waals surface area contributed by atoms with Crippen molar-refractivity contribution in [2.24, 2.45) is 23.2 Å². The van der Waals surface area contributed by atoms with Gasteiger partial charge in [0.1, 0.15) is 0 Å². The highest BCUT2D eigenvalue weighted by Crippen LogP contribution is 2.60. The van der Waals surface area contributed by atoms with Crippen molar-refractivity contribution >= 4 is 22.9 Å². The molecule has 5 aliphatic rings. The third-order valence-corrected chi connectivity index (χ3v) is 7.67. The molecule has 4 nitrogen and oxygen atoms in total. The van der Waals surface area contributed by atoms with E-state index in [9.17, 15) is 4.79 Å². The molecule has 4 aliphatic carbocycles. The van der Waals surface area contributed by atoms with Gasteiger partial charge < -0.3 is 5.32 Å². The van der Waals surface area contributed by atoms with Gasteiger partial charge in [0.2, 0.25) is 0 Å². The number of hydrogen-bond donors (Lipinski definition) is 1. The van der Waals surface area contributed by atoms with Crippen LogP contribution in [-0.4, -0.2) is 11.3 Å². The normalized spacial score (nSPS) is 34.8. The van der Waals surface area contributed by atoms with E-state index in [0.29, 0.717) is 11.4 Å². The minimum Gasteiger partial charge on any atom is -0.379 e. The first kappa shape index (κ1) is 18.4. The lowest BCUT2D eigenvalue weighted by Crippen LogP contribution is -2.50. The lowest BCUT2D eigenvalue weighted by atomic mass is 9.48. The van der Waals surface area contributed by atoms with Crippen LogP contribution >= 0.6 is 0 Å². The van der Waals surface area contributed by atoms with Gasteiger partial charge in [0, 0.05) is 22.7 Å². The van der Waals surface area contributed by atoms with Crippen molar-refractivity contribution in [3.05, 3.63) is 52.2 Å². The molecular formula is C25H27N3O. The molecule has 29 heavy (non-hydrogen) atoms. The first-order chi connectivity index (χ1) is 13.8. The highest BCUT2D eigenvalue weighted by Gasteiger charge is 2.54. The molecule has 4 saturated carbocycles. The molecule has 4 fully saturated rings. The van der Waals surface area contributed by atoms with Crippen LogP contribution in [0.3, 0.4) is 0 Å². The minimum absolute atomic E-state index is 0.162. The molecule has 1 aromatic rings. The molecule has 0 atom stereocenters. The van der Waals surface area contributed by atoms with Gasteiger partial charge in [-0.1, -0.05) is 12.1 Å². The van der Waals surface area contributed by atoms with E-state index < -0.39 is 0 Å². The van der Waals surface area contributed by atoms with Crippen LogP contribution < -0.4 is 5.32 Å². The Morgan fingerprint density at radius 3 is 2.14 bits per heavy atom. The van der Waals surface area contributed by atoms with Gasteiger partial charge in [0.25, 0.3) is 0 Å². The minimum atomic E-state index is -0.195. The van der Waals surface area contributed by atoms with E-state index in [0.717, 1.165) is 60.3 Å². The van der Waals surface area contributed by atoms with Gasteiger partial charge in [-0.3, -0.25) is 14.5 Å². The van der Waals surface area contributed by atoms with Gasteiger partial charge in [-0.25, -0.2) is 0 Å². The second-order valence-electron chi connectivity index (χ2n) is 10.5. The molecule has 0 saturated heterocycles. The molecule has 0 amide bonds. The lowest BCUT2D eigenvalue weighted by molar-refractivity contribution is -0.138. The number of nitrogens with zero attached hydrogens (tertiary/aromatic N) is 2. The van der Waals surface area contributed by atoms with E-state index in [1.54, 1.807) is 6.07 Å². The Morgan fingerprint density at radius 2 is 1.59 bits per heavy atom. The van der Waals surface area contributed by atoms with Crippen molar-refractivity contribution in [1.82, 2.24) is 5.32 Å². The molecule has 1 N–H and O–H groups in total. The summed E-state index contributed by atoms with van der Waals surface area (Å²) >= 11 is 0. The molecule has 6 rings (SSSR count). The maximum absolute atomic E-state index is 13.6. The Morgan fingerprint density at radius 1 is 1.03 bits per heavy atom. The van der Waals surface area contributed by atoms with Crippen LogP contribution in [0.25, 0.3) is 15.4 Å². The molecule has 4 heteroatoms. The number of ketones is 1. The van der Waals surface area contributed by atoms with E-state index in [-0.39, 0.29) is 16.7 Å². The number of hydrogen-bond acceptors (Lipinski definition) is 2. The van der Waals surface area contributed by atoms with Crippen LogP contribution in [0.5, 0.6) is 0 Å². The number of benzene rings is 1. The van der Waals surface area contributed by atoms with E-state index in [4.69, 9.17) is 13.1 Å². The fourth-order valence-corrected chi connectivity index (χ4v) is 6.96. The number of rotatable bonds is 2. The van der Waals surface area contributed by atoms with Crippen molar-refractivity contribution in [2.45, 2.75) is 64.3 Å². The topological polar surface area (TPSA) is 37.8 Å². The fraction of sp³-hybridized carbons (Fsp3) is 0.560. The summed E-state index contributed by atoms with van der Waals surface area (Å²) in [6.07, 6.45) is 9.76. The van der Waals surface area contributed by atoms with Gasteiger partial charge in [-0.15, -0.1) is 0 Å². The summed E-state index contributed by atoms with van der Waals surface area (Å²) in [4.78, 5) is 20.7. The largest absolute Gasteiger partial charge is 0.379 e. The average molecular weight is 386 g/mol. The number of carbonyl (C=O) groups excluding carboxylic acids is 1. The molecule has 4 bridgehead atoms. The van der Waals surface area contributed by atoms with Crippen LogP contribution in [-0.2, 0) is 11.2 Å². The Hall–Kier alpha value is -2.59. The molecule has 0 aromatic heterocycles. The zero-order valence-electron chi connectivity index (χ0n) is 17.2. The molecule has 1 aliphatic heterocycles. The number of allylic oxidation sites excluding steroid dienone is 1. The van der Waals surface area contributed by atoms with E-state index in [1.807, 2.05) is 12.1 Å². The summed E-state index contributed by atoms with van der Waals surface area (Å²) in [6, 6.07) is 3.65. The Labute approximate surface area is 173 Å². The molecule has 0 unspecified atom stereocenters. The van der Waals surface area contributed by atoms with Crippen LogP contribution in [0.15, 0.2) is 18.2 Å². The summed E-state index contributed by atoms with van der Waals surface area (Å²) in [7, 11) is 0. The lowest BCUT2D eigenvalue weighted by Gasteiger charge is -2.55. The predicted octanol–water partition coefficient (Wildman–Crippen LogP) is 5.84. The second-order valence-corrected chi connectivity index (χ2v) is 10.5. The van der Waals surface area contributed by atoms with Crippen LogP contribution in [0, 0.1) is 36.3 Å². The van der Waals surface area contributed by atoms with Gasteiger partial charge in [0.15, 0.2) is 17.2 Å². The van der Waals surface area contributed by atoms with Crippen molar-refractivity contribution in [3.63, 3.8) is 0 Å². The number of fused-ring (bicyclic) bond motifs is 1. The summed E-state index contributed by atoms with van der Waals surface area (Å²) in [5.74, 6) is 2.49. The van der Waals surface area contributed by atoms with Gasteiger partial charge in [-0.05, 0) is 87.7 Å². The third-order valence-electron chi connectivity index (χ3n) is 7.67. The van der Waals surface area contributed by atoms with E-state index in [2.05, 4.69) is 28.9 Å². The van der Waals surface area contributed by atoms with Gasteiger partial charge in [-0.2, -0.15) is 0 Å². The van der Waals surface area contributed by atoms with Gasteiger partial charge >= 0.3 is 0 Å². The van der Waals surface area contributed by atoms with Crippen LogP contribution in [0.1, 0.15) is 63.5 Å². The van der Waals surface area contributed by atoms with Crippen molar-refractivity contribution in [1.29, 1.82) is 0 Å². The van der Waals surface area contributed by atoms with E-state index in [1.165, 1.54) is 19.3 Å². The zero-order valence-corrected chi connectivity index (χ0v) is 17.2. The fourth-order valence-electron chi connectivity index (χ4n) is 6.96. The summed E-state index contributed by atoms with van der Waals surface area (Å²) in [5.41, 5.74) is 3.22. The molecule has 148 valence electrons. The second kappa shape index (κ2) is 6.20. The maximum Gasteiger partial charge on any atom is 0.195 e. The van der Waals surface area contributed by atoms with Crippen molar-refractivity contribution in [3.8, 4) is 0 Å². The summed E-state index contributed by atoms with van der Waals surface area (Å²) in [6.45, 7) is 19.1. The smallest absolute Gasteiger partial charge is 0.195 e.